The van der Waals surface area contributed by atoms with Gasteiger partial charge in [0.1, 0.15) is 12.4 Å². The van der Waals surface area contributed by atoms with Crippen molar-refractivity contribution in [2.45, 2.75) is 32.2 Å². The number of thioether (sulfide) groups is 1. The first-order valence-corrected chi connectivity index (χ1v) is 10.7. The van der Waals surface area contributed by atoms with Gasteiger partial charge in [0.05, 0.1) is 21.4 Å². The molecule has 0 aliphatic carbocycles. The number of anilines is 1. The summed E-state index contributed by atoms with van der Waals surface area (Å²) in [5, 5.41) is 22.6. The summed E-state index contributed by atoms with van der Waals surface area (Å²) in [6.45, 7) is 4.80. The zero-order valence-electron chi connectivity index (χ0n) is 16.9. The molecule has 0 fully saturated rings. The van der Waals surface area contributed by atoms with Gasteiger partial charge >= 0.3 is 0 Å². The third-order valence-electron chi connectivity index (χ3n) is 4.23. The number of benzene rings is 2. The summed E-state index contributed by atoms with van der Waals surface area (Å²) in [6, 6.07) is 11.6. The van der Waals surface area contributed by atoms with E-state index in [1.54, 1.807) is 0 Å². The smallest absolute Gasteiger partial charge is 0.271 e. The predicted molar refractivity (Wildman–Crippen MR) is 119 cm³/mol. The maximum absolute atomic E-state index is 12.3. The number of halogens is 1. The lowest BCUT2D eigenvalue weighted by atomic mass is 10.2. The summed E-state index contributed by atoms with van der Waals surface area (Å²) in [5.41, 5.74) is 1.13. The third kappa shape index (κ3) is 5.96. The molecule has 0 radical (unpaired) electrons. The fraction of sp³-hybridized carbons (Fsp3) is 0.250. The van der Waals surface area contributed by atoms with Crippen LogP contribution < -0.4 is 10.1 Å². The van der Waals surface area contributed by atoms with Crippen molar-refractivity contribution in [1.82, 2.24) is 14.8 Å². The molecule has 3 rings (SSSR count). The fourth-order valence-corrected chi connectivity index (χ4v) is 3.73. The minimum absolute atomic E-state index is 0.0376. The van der Waals surface area contributed by atoms with Crippen molar-refractivity contribution in [3.63, 3.8) is 0 Å². The van der Waals surface area contributed by atoms with Crippen LogP contribution in [0.15, 0.2) is 47.6 Å². The quantitative estimate of drug-likeness (QED) is 0.284. The van der Waals surface area contributed by atoms with Crippen molar-refractivity contribution in [3.05, 3.63) is 69.0 Å². The van der Waals surface area contributed by atoms with Gasteiger partial charge in [-0.1, -0.05) is 35.5 Å². The van der Waals surface area contributed by atoms with Crippen LogP contribution >= 0.6 is 23.4 Å². The Labute approximate surface area is 187 Å². The molecule has 0 saturated carbocycles. The van der Waals surface area contributed by atoms with Gasteiger partial charge in [-0.2, -0.15) is 0 Å². The van der Waals surface area contributed by atoms with Crippen molar-refractivity contribution in [3.8, 4) is 5.75 Å². The first kappa shape index (κ1) is 22.6. The largest absolute Gasteiger partial charge is 0.486 e. The topological polar surface area (TPSA) is 112 Å². The number of hydrogen-bond donors (Lipinski definition) is 1. The van der Waals surface area contributed by atoms with E-state index >= 15 is 0 Å². The molecule has 1 aromatic heterocycles. The number of amides is 1. The summed E-state index contributed by atoms with van der Waals surface area (Å²) in [6.07, 6.45) is 0. The zero-order chi connectivity index (χ0) is 22.4. The van der Waals surface area contributed by atoms with Crippen molar-refractivity contribution in [1.29, 1.82) is 0 Å². The van der Waals surface area contributed by atoms with Gasteiger partial charge in [-0.05, 0) is 37.6 Å². The minimum atomic E-state index is -0.551. The molecule has 3 aromatic rings. The second-order valence-electron chi connectivity index (χ2n) is 6.51. The Morgan fingerprint density at radius 2 is 2.10 bits per heavy atom. The SMILES string of the molecule is CCn1c(COc2cccc(C)c2)nnc1SCC(=O)Nc1cc([N+](=O)[O-])ccc1Cl. The Hall–Kier alpha value is -3.11. The maximum Gasteiger partial charge on any atom is 0.271 e. The van der Waals surface area contributed by atoms with E-state index in [1.165, 1.54) is 30.0 Å². The van der Waals surface area contributed by atoms with E-state index in [9.17, 15) is 14.9 Å². The van der Waals surface area contributed by atoms with E-state index in [1.807, 2.05) is 42.7 Å². The Bertz CT molecular complexity index is 1100. The number of hydrogen-bond acceptors (Lipinski definition) is 7. The number of ether oxygens (including phenoxy) is 1. The fourth-order valence-electron chi connectivity index (χ4n) is 2.74. The summed E-state index contributed by atoms with van der Waals surface area (Å²) in [7, 11) is 0. The van der Waals surface area contributed by atoms with E-state index in [-0.39, 0.29) is 34.7 Å². The molecule has 162 valence electrons. The highest BCUT2D eigenvalue weighted by molar-refractivity contribution is 7.99. The predicted octanol–water partition coefficient (Wildman–Crippen LogP) is 4.48. The maximum atomic E-state index is 12.3. The number of nitro groups is 1. The molecule has 11 heteroatoms. The number of aryl methyl sites for hydroxylation is 1. The lowest BCUT2D eigenvalue weighted by Gasteiger charge is -2.10. The molecule has 31 heavy (non-hydrogen) atoms. The van der Waals surface area contributed by atoms with E-state index in [4.69, 9.17) is 16.3 Å². The molecule has 0 atom stereocenters. The highest BCUT2D eigenvalue weighted by Gasteiger charge is 2.16. The lowest BCUT2D eigenvalue weighted by molar-refractivity contribution is -0.384. The van der Waals surface area contributed by atoms with Gasteiger partial charge in [-0.25, -0.2) is 0 Å². The van der Waals surface area contributed by atoms with Crippen LogP contribution in [0.2, 0.25) is 5.02 Å². The standard InChI is InChI=1S/C20H20ClN5O4S/c1-3-25-18(11-30-15-6-4-5-13(2)9-15)23-24-20(25)31-12-19(27)22-17-10-14(26(28)29)7-8-16(17)21/h4-10H,3,11-12H2,1-2H3,(H,22,27). The second-order valence-corrected chi connectivity index (χ2v) is 7.86. The molecule has 0 aliphatic heterocycles. The van der Waals surface area contributed by atoms with E-state index < -0.39 is 4.92 Å². The Morgan fingerprint density at radius 1 is 1.29 bits per heavy atom. The number of non-ortho nitro benzene ring substituents is 1. The number of carbonyl (C=O) groups is 1. The average Bonchev–Trinajstić information content (AvgIpc) is 3.14. The molecule has 0 unspecified atom stereocenters. The Balaban J connectivity index is 1.61. The summed E-state index contributed by atoms with van der Waals surface area (Å²) < 4.78 is 7.66. The van der Waals surface area contributed by atoms with Gasteiger partial charge in [0, 0.05) is 18.7 Å². The molecule has 0 bridgehead atoms. The molecule has 1 N–H and O–H groups in total. The van der Waals surface area contributed by atoms with Crippen LogP contribution in [-0.4, -0.2) is 31.3 Å². The van der Waals surface area contributed by atoms with Gasteiger partial charge < -0.3 is 14.6 Å². The van der Waals surface area contributed by atoms with Crippen LogP contribution in [0, 0.1) is 17.0 Å². The minimum Gasteiger partial charge on any atom is -0.486 e. The van der Waals surface area contributed by atoms with Crippen molar-refractivity contribution >= 4 is 40.6 Å². The molecule has 0 aliphatic rings. The van der Waals surface area contributed by atoms with Gasteiger partial charge in [-0.3, -0.25) is 14.9 Å². The summed E-state index contributed by atoms with van der Waals surface area (Å²) in [4.78, 5) is 22.7. The van der Waals surface area contributed by atoms with Crippen molar-refractivity contribution < 1.29 is 14.5 Å². The van der Waals surface area contributed by atoms with Gasteiger partial charge in [-0.15, -0.1) is 10.2 Å². The van der Waals surface area contributed by atoms with Gasteiger partial charge in [0.15, 0.2) is 11.0 Å². The van der Waals surface area contributed by atoms with Crippen LogP contribution in [0.3, 0.4) is 0 Å². The molecule has 1 heterocycles. The Kier molecular flexibility index (Phi) is 7.48. The molecule has 9 nitrogen and oxygen atoms in total. The van der Waals surface area contributed by atoms with E-state index in [0.717, 1.165) is 11.3 Å². The number of carbonyl (C=O) groups excluding carboxylic acids is 1. The van der Waals surface area contributed by atoms with Crippen LogP contribution in [0.4, 0.5) is 11.4 Å². The monoisotopic (exact) mass is 461 g/mol. The normalized spacial score (nSPS) is 10.7. The van der Waals surface area contributed by atoms with Crippen LogP contribution in [-0.2, 0) is 17.9 Å². The number of nitro benzene ring substituents is 1. The first-order chi connectivity index (χ1) is 14.9. The summed E-state index contributed by atoms with van der Waals surface area (Å²) >= 11 is 7.23. The lowest BCUT2D eigenvalue weighted by Crippen LogP contribution is -2.15. The average molecular weight is 462 g/mol. The van der Waals surface area contributed by atoms with E-state index in [0.29, 0.717) is 17.5 Å². The second kappa shape index (κ2) is 10.3. The van der Waals surface area contributed by atoms with Crippen LogP contribution in [0.5, 0.6) is 5.75 Å². The number of nitrogens with zero attached hydrogens (tertiary/aromatic N) is 4. The number of rotatable bonds is 9. The molecule has 0 spiro atoms. The molecule has 1 amide bonds. The Morgan fingerprint density at radius 3 is 2.81 bits per heavy atom. The summed E-state index contributed by atoms with van der Waals surface area (Å²) in [5.74, 6) is 1.06. The molecular formula is C20H20ClN5O4S. The van der Waals surface area contributed by atoms with E-state index in [2.05, 4.69) is 15.5 Å². The molecule has 0 saturated heterocycles. The molecular weight excluding hydrogens is 442 g/mol. The van der Waals surface area contributed by atoms with Gasteiger partial charge in [0.25, 0.3) is 5.69 Å². The van der Waals surface area contributed by atoms with Crippen LogP contribution in [0.25, 0.3) is 0 Å². The molecule has 2 aromatic carbocycles. The third-order valence-corrected chi connectivity index (χ3v) is 5.53. The highest BCUT2D eigenvalue weighted by Crippen LogP contribution is 2.27. The van der Waals surface area contributed by atoms with Crippen molar-refractivity contribution in [2.24, 2.45) is 0 Å². The first-order valence-electron chi connectivity index (χ1n) is 9.35. The van der Waals surface area contributed by atoms with Crippen molar-refractivity contribution in [2.75, 3.05) is 11.1 Å². The van der Waals surface area contributed by atoms with Gasteiger partial charge in [0.2, 0.25) is 5.91 Å². The number of nitrogens with one attached hydrogen (secondary N) is 1. The van der Waals surface area contributed by atoms with Crippen LogP contribution in [0.1, 0.15) is 18.3 Å². The zero-order valence-corrected chi connectivity index (χ0v) is 18.4. The number of aromatic nitrogens is 3. The highest BCUT2D eigenvalue weighted by atomic mass is 35.5.